The van der Waals surface area contributed by atoms with Crippen LogP contribution in [0.2, 0.25) is 0 Å². The van der Waals surface area contributed by atoms with E-state index in [2.05, 4.69) is 27.6 Å². The van der Waals surface area contributed by atoms with E-state index in [1.54, 1.807) is 18.3 Å². The van der Waals surface area contributed by atoms with Crippen molar-refractivity contribution in [1.82, 2.24) is 14.8 Å². The van der Waals surface area contributed by atoms with Crippen LogP contribution in [0.5, 0.6) is 5.88 Å². The second kappa shape index (κ2) is 10.6. The van der Waals surface area contributed by atoms with E-state index in [9.17, 15) is 9.59 Å². The number of nitrogens with zero attached hydrogens (tertiary/aromatic N) is 3. The first kappa shape index (κ1) is 22.4. The Morgan fingerprint density at radius 3 is 2.61 bits per heavy atom. The quantitative estimate of drug-likeness (QED) is 0.423. The Morgan fingerprint density at radius 1 is 1.29 bits per heavy atom. The van der Waals surface area contributed by atoms with Crippen molar-refractivity contribution in [3.8, 4) is 5.88 Å². The Morgan fingerprint density at radius 2 is 2.00 bits per heavy atom. The van der Waals surface area contributed by atoms with Crippen molar-refractivity contribution >= 4 is 34.6 Å². The number of likely N-dealkylation sites (tertiary alicyclic amines) is 1. The molecule has 0 aliphatic carbocycles. The van der Waals surface area contributed by atoms with Gasteiger partial charge in [0.15, 0.2) is 0 Å². The summed E-state index contributed by atoms with van der Waals surface area (Å²) in [4.78, 5) is 32.1. The van der Waals surface area contributed by atoms with Gasteiger partial charge in [-0.25, -0.2) is 9.78 Å². The van der Waals surface area contributed by atoms with E-state index >= 15 is 0 Å². The summed E-state index contributed by atoms with van der Waals surface area (Å²) in [7, 11) is 0. The van der Waals surface area contributed by atoms with Crippen molar-refractivity contribution in [3.05, 3.63) is 34.1 Å². The van der Waals surface area contributed by atoms with Gasteiger partial charge in [0.1, 0.15) is 12.2 Å². The third kappa shape index (κ3) is 8.04. The first-order chi connectivity index (χ1) is 13.2. The molecule has 1 aromatic rings. The zero-order valence-electron chi connectivity index (χ0n) is 16.7. The molecule has 0 aromatic carbocycles. The zero-order valence-corrected chi connectivity index (χ0v) is 18.8. The minimum absolute atomic E-state index is 0.0130. The molecule has 28 heavy (non-hydrogen) atoms. The lowest BCUT2D eigenvalue weighted by molar-refractivity contribution is -0.125. The van der Waals surface area contributed by atoms with E-state index in [0.29, 0.717) is 12.4 Å². The van der Waals surface area contributed by atoms with Crippen LogP contribution in [-0.2, 0) is 9.53 Å². The fourth-order valence-electron chi connectivity index (χ4n) is 2.62. The summed E-state index contributed by atoms with van der Waals surface area (Å²) in [5, 5.41) is 0. The number of aromatic nitrogens is 1. The Kier molecular flexibility index (Phi) is 8.53. The molecule has 0 spiro atoms. The number of carbonyl (C=O) groups is 2. The van der Waals surface area contributed by atoms with E-state index in [4.69, 9.17) is 9.47 Å². The third-order valence-electron chi connectivity index (χ3n) is 3.97. The lowest BCUT2D eigenvalue weighted by atomic mass is 10.2. The molecule has 1 aliphatic heterocycles. The van der Waals surface area contributed by atoms with Gasteiger partial charge >= 0.3 is 6.09 Å². The Hall–Kier alpha value is -1.84. The summed E-state index contributed by atoms with van der Waals surface area (Å²) in [6, 6.07) is 3.69. The second-order valence-electron chi connectivity index (χ2n) is 7.52. The number of amides is 2. The lowest BCUT2D eigenvalue weighted by Gasteiger charge is -2.26. The summed E-state index contributed by atoms with van der Waals surface area (Å²) in [6.07, 6.45) is 6.61. The number of carbonyl (C=O) groups excluding carboxylic acids is 2. The van der Waals surface area contributed by atoms with Gasteiger partial charge in [-0.3, -0.25) is 4.79 Å². The molecule has 154 valence electrons. The van der Waals surface area contributed by atoms with Crippen LogP contribution < -0.4 is 4.74 Å². The van der Waals surface area contributed by atoms with Crippen LogP contribution in [0.15, 0.2) is 30.5 Å². The minimum atomic E-state index is -0.594. The first-order valence-corrected chi connectivity index (χ1v) is 10.5. The van der Waals surface area contributed by atoms with Gasteiger partial charge in [0.05, 0.1) is 6.54 Å². The number of rotatable bonds is 7. The molecule has 0 bridgehead atoms. The summed E-state index contributed by atoms with van der Waals surface area (Å²) in [5.74, 6) is 0.491. The molecule has 2 heterocycles. The van der Waals surface area contributed by atoms with Gasteiger partial charge in [-0.2, -0.15) is 0 Å². The standard InChI is InChI=1S/C20H28IN3O4/c1-20(2,3)28-19(26)24(12-6-7-18(25)23-10-4-5-11-23)13-14-27-17-9-8-16(21)15-22-17/h6-9,15H,4-5,10-14H2,1-3H3. The monoisotopic (exact) mass is 501 g/mol. The molecule has 1 saturated heterocycles. The SMILES string of the molecule is CC(C)(C)OC(=O)N(CC=CC(=O)N1CCCC1)CCOc1ccc(I)cn1. The average Bonchev–Trinajstić information content (AvgIpc) is 3.15. The molecule has 0 unspecified atom stereocenters. The van der Waals surface area contributed by atoms with Crippen LogP contribution in [0.3, 0.4) is 0 Å². The molecule has 1 aromatic heterocycles. The second-order valence-corrected chi connectivity index (χ2v) is 8.77. The van der Waals surface area contributed by atoms with Gasteiger partial charge in [-0.05, 0) is 62.3 Å². The lowest BCUT2D eigenvalue weighted by Crippen LogP contribution is -2.39. The molecule has 7 nitrogen and oxygen atoms in total. The van der Waals surface area contributed by atoms with Crippen LogP contribution >= 0.6 is 22.6 Å². The van der Waals surface area contributed by atoms with Crippen molar-refractivity contribution in [3.63, 3.8) is 0 Å². The van der Waals surface area contributed by atoms with Crippen LogP contribution in [0.4, 0.5) is 4.79 Å². The maximum Gasteiger partial charge on any atom is 0.410 e. The van der Waals surface area contributed by atoms with E-state index in [0.717, 1.165) is 29.5 Å². The van der Waals surface area contributed by atoms with Crippen molar-refractivity contribution in [2.24, 2.45) is 0 Å². The zero-order chi connectivity index (χ0) is 20.6. The third-order valence-corrected chi connectivity index (χ3v) is 4.61. The maximum atomic E-state index is 12.5. The summed E-state index contributed by atoms with van der Waals surface area (Å²) in [6.45, 7) is 7.95. The summed E-state index contributed by atoms with van der Waals surface area (Å²) in [5.41, 5.74) is -0.594. The highest BCUT2D eigenvalue weighted by Gasteiger charge is 2.22. The smallest absolute Gasteiger partial charge is 0.410 e. The number of hydrogen-bond donors (Lipinski definition) is 0. The fraction of sp³-hybridized carbons (Fsp3) is 0.550. The highest BCUT2D eigenvalue weighted by atomic mass is 127. The maximum absolute atomic E-state index is 12.5. The molecule has 0 N–H and O–H groups in total. The van der Waals surface area contributed by atoms with Gasteiger partial charge in [0.2, 0.25) is 11.8 Å². The number of ether oxygens (including phenoxy) is 2. The van der Waals surface area contributed by atoms with Gasteiger partial charge in [-0.1, -0.05) is 6.08 Å². The van der Waals surface area contributed by atoms with Crippen molar-refractivity contribution in [2.75, 3.05) is 32.8 Å². The molecule has 1 fully saturated rings. The number of hydrogen-bond acceptors (Lipinski definition) is 5. The first-order valence-electron chi connectivity index (χ1n) is 9.42. The van der Waals surface area contributed by atoms with Gasteiger partial charge in [0.25, 0.3) is 0 Å². The van der Waals surface area contributed by atoms with E-state index in [1.807, 2.05) is 31.7 Å². The van der Waals surface area contributed by atoms with E-state index in [-0.39, 0.29) is 19.1 Å². The van der Waals surface area contributed by atoms with Crippen molar-refractivity contribution in [1.29, 1.82) is 0 Å². The largest absolute Gasteiger partial charge is 0.476 e. The molecule has 8 heteroatoms. The molecular weight excluding hydrogens is 473 g/mol. The summed E-state index contributed by atoms with van der Waals surface area (Å²) >= 11 is 2.17. The number of halogens is 1. The number of pyridine rings is 1. The molecular formula is C20H28IN3O4. The predicted octanol–water partition coefficient (Wildman–Crippen LogP) is 3.48. The van der Waals surface area contributed by atoms with Gasteiger partial charge in [-0.15, -0.1) is 0 Å². The molecule has 2 rings (SSSR count). The summed E-state index contributed by atoms with van der Waals surface area (Å²) < 4.78 is 12.1. The Balaban J connectivity index is 1.90. The van der Waals surface area contributed by atoms with Crippen LogP contribution in [-0.4, -0.2) is 65.2 Å². The van der Waals surface area contributed by atoms with Gasteiger partial charge < -0.3 is 19.3 Å². The topological polar surface area (TPSA) is 72.0 Å². The van der Waals surface area contributed by atoms with Crippen LogP contribution in [0.25, 0.3) is 0 Å². The van der Waals surface area contributed by atoms with Crippen molar-refractivity contribution in [2.45, 2.75) is 39.2 Å². The van der Waals surface area contributed by atoms with Gasteiger partial charge in [0, 0.05) is 41.5 Å². The molecule has 0 radical (unpaired) electrons. The molecule has 1 aliphatic rings. The minimum Gasteiger partial charge on any atom is -0.476 e. The van der Waals surface area contributed by atoms with E-state index in [1.165, 1.54) is 11.0 Å². The van der Waals surface area contributed by atoms with E-state index < -0.39 is 11.7 Å². The normalized spacial score (nSPS) is 14.4. The molecule has 0 saturated carbocycles. The highest BCUT2D eigenvalue weighted by Crippen LogP contribution is 2.12. The molecule has 0 atom stereocenters. The van der Waals surface area contributed by atoms with Crippen LogP contribution in [0, 0.1) is 3.57 Å². The Labute approximate surface area is 180 Å². The Bertz CT molecular complexity index is 680. The fourth-order valence-corrected chi connectivity index (χ4v) is 2.93. The molecule has 2 amide bonds. The average molecular weight is 501 g/mol. The van der Waals surface area contributed by atoms with Crippen molar-refractivity contribution < 1.29 is 19.1 Å². The predicted molar refractivity (Wildman–Crippen MR) is 115 cm³/mol. The highest BCUT2D eigenvalue weighted by molar-refractivity contribution is 14.1. The van der Waals surface area contributed by atoms with Crippen LogP contribution in [0.1, 0.15) is 33.6 Å².